The molecule has 2 atom stereocenters. The summed E-state index contributed by atoms with van der Waals surface area (Å²) in [5.74, 6) is 2.09. The number of anilines is 1. The van der Waals surface area contributed by atoms with Crippen molar-refractivity contribution in [2.75, 3.05) is 43.4 Å². The number of carbonyl (C=O) groups is 1. The van der Waals surface area contributed by atoms with E-state index in [9.17, 15) is 9.00 Å². The van der Waals surface area contributed by atoms with Crippen LogP contribution < -0.4 is 10.2 Å². The number of likely N-dealkylation sites (tertiary alicyclic amines) is 1. The number of nitrogens with zero attached hydrogens (tertiary/aromatic N) is 3. The molecule has 0 saturated carbocycles. The highest BCUT2D eigenvalue weighted by Gasteiger charge is 2.32. The van der Waals surface area contributed by atoms with Crippen molar-refractivity contribution in [1.82, 2.24) is 10.2 Å². The Hall–Kier alpha value is -1.16. The topological polar surface area (TPSA) is 65.0 Å². The fraction of sp³-hybridized carbons (Fsp3) is 0.652. The number of hydrogen-bond donors (Lipinski definition) is 1. The second-order valence-electron chi connectivity index (χ2n) is 9.04. The number of fused-ring (bicyclic) bond motifs is 1. The average Bonchev–Trinajstić information content (AvgIpc) is 3.28. The number of benzene rings is 1. The average molecular weight is 561 g/mol. The van der Waals surface area contributed by atoms with Gasteiger partial charge in [0.25, 0.3) is 0 Å². The number of hydrogen-bond acceptors (Lipinski definition) is 3. The Morgan fingerprint density at radius 1 is 1.29 bits per heavy atom. The lowest BCUT2D eigenvalue weighted by Crippen LogP contribution is -2.41. The van der Waals surface area contributed by atoms with Crippen LogP contribution in [-0.2, 0) is 15.6 Å². The molecule has 1 saturated heterocycles. The largest absolute Gasteiger partial charge is 0.356 e. The molecule has 8 heteroatoms. The van der Waals surface area contributed by atoms with Crippen molar-refractivity contribution in [2.24, 2.45) is 4.99 Å². The zero-order chi connectivity index (χ0) is 21.7. The second kappa shape index (κ2) is 11.6. The standard InChI is InChI=1S/C23H36N4O2S.HI/c1-5-24-22(25-13-16-30(29)23(2,3)4)27-17-18(19-9-6-7-10-20(19)27)12-15-26-14-8-11-21(26)28;/h6-7,9-10,18H,5,8,11-17H2,1-4H3,(H,24,25);1H. The van der Waals surface area contributed by atoms with E-state index in [1.54, 1.807) is 0 Å². The number of para-hydroxylation sites is 1. The van der Waals surface area contributed by atoms with Crippen LogP contribution in [0.5, 0.6) is 0 Å². The summed E-state index contributed by atoms with van der Waals surface area (Å²) in [6, 6.07) is 8.50. The van der Waals surface area contributed by atoms with Crippen molar-refractivity contribution in [3.05, 3.63) is 29.8 Å². The van der Waals surface area contributed by atoms with Gasteiger partial charge in [-0.05, 0) is 52.2 Å². The van der Waals surface area contributed by atoms with Crippen LogP contribution in [0.25, 0.3) is 0 Å². The zero-order valence-electron chi connectivity index (χ0n) is 19.2. The molecule has 2 aliphatic rings. The maximum atomic E-state index is 12.4. The van der Waals surface area contributed by atoms with Gasteiger partial charge >= 0.3 is 0 Å². The molecule has 1 amide bonds. The van der Waals surface area contributed by atoms with Crippen molar-refractivity contribution >= 4 is 52.3 Å². The number of carbonyl (C=O) groups excluding carboxylic acids is 1. The van der Waals surface area contributed by atoms with Gasteiger partial charge in [-0.1, -0.05) is 18.2 Å². The van der Waals surface area contributed by atoms with Crippen molar-refractivity contribution < 1.29 is 9.00 Å². The molecule has 0 spiro atoms. The lowest BCUT2D eigenvalue weighted by Gasteiger charge is -2.24. The summed E-state index contributed by atoms with van der Waals surface area (Å²) in [6.07, 6.45) is 2.65. The first kappa shape index (κ1) is 26.1. The van der Waals surface area contributed by atoms with E-state index in [4.69, 9.17) is 4.99 Å². The predicted molar refractivity (Wildman–Crippen MR) is 141 cm³/mol. The lowest BCUT2D eigenvalue weighted by molar-refractivity contribution is -0.127. The van der Waals surface area contributed by atoms with Crippen LogP contribution in [0.15, 0.2) is 29.3 Å². The van der Waals surface area contributed by atoms with Crippen LogP contribution in [0.2, 0.25) is 0 Å². The SMILES string of the molecule is CCNC(=NCCS(=O)C(C)(C)C)N1CC(CCN2CCCC2=O)c2ccccc21.I. The van der Waals surface area contributed by atoms with E-state index in [0.717, 1.165) is 45.0 Å². The van der Waals surface area contributed by atoms with Crippen LogP contribution >= 0.6 is 24.0 Å². The van der Waals surface area contributed by atoms with E-state index in [2.05, 4.69) is 41.4 Å². The minimum atomic E-state index is -0.910. The maximum absolute atomic E-state index is 12.4. The molecule has 174 valence electrons. The second-order valence-corrected chi connectivity index (χ2v) is 11.4. The Morgan fingerprint density at radius 3 is 2.68 bits per heavy atom. The molecule has 3 rings (SSSR count). The highest BCUT2D eigenvalue weighted by molar-refractivity contribution is 14.0. The van der Waals surface area contributed by atoms with Gasteiger partial charge in [-0.2, -0.15) is 0 Å². The molecule has 6 nitrogen and oxygen atoms in total. The van der Waals surface area contributed by atoms with Gasteiger partial charge in [-0.25, -0.2) is 0 Å². The molecular weight excluding hydrogens is 523 g/mol. The monoisotopic (exact) mass is 560 g/mol. The maximum Gasteiger partial charge on any atom is 0.222 e. The van der Waals surface area contributed by atoms with E-state index in [-0.39, 0.29) is 28.7 Å². The molecule has 0 radical (unpaired) electrons. The molecule has 2 aliphatic heterocycles. The fourth-order valence-electron chi connectivity index (χ4n) is 4.13. The van der Waals surface area contributed by atoms with Crippen LogP contribution in [0.1, 0.15) is 58.4 Å². The van der Waals surface area contributed by atoms with Crippen molar-refractivity contribution in [1.29, 1.82) is 0 Å². The Bertz CT molecular complexity index is 809. The van der Waals surface area contributed by atoms with Gasteiger partial charge in [0.2, 0.25) is 5.91 Å². The van der Waals surface area contributed by atoms with E-state index in [1.807, 2.05) is 25.7 Å². The molecule has 1 fully saturated rings. The fourth-order valence-corrected chi connectivity index (χ4v) is 5.00. The van der Waals surface area contributed by atoms with Gasteiger partial charge in [0.05, 0.1) is 6.54 Å². The molecule has 1 N–H and O–H groups in total. The number of amides is 1. The summed E-state index contributed by atoms with van der Waals surface area (Å²) in [7, 11) is -0.910. The summed E-state index contributed by atoms with van der Waals surface area (Å²) in [6.45, 7) is 12.0. The van der Waals surface area contributed by atoms with Gasteiger partial charge < -0.3 is 15.1 Å². The first-order chi connectivity index (χ1) is 14.3. The van der Waals surface area contributed by atoms with Gasteiger partial charge in [0.15, 0.2) is 5.96 Å². The number of rotatable bonds is 7. The number of halogens is 1. The number of nitrogens with one attached hydrogen (secondary N) is 1. The third-order valence-corrected chi connectivity index (χ3v) is 7.72. The third kappa shape index (κ3) is 6.66. The molecule has 0 bridgehead atoms. The van der Waals surface area contributed by atoms with Crippen molar-refractivity contribution in [3.8, 4) is 0 Å². The van der Waals surface area contributed by atoms with Gasteiger partial charge in [-0.3, -0.25) is 14.0 Å². The van der Waals surface area contributed by atoms with Gasteiger partial charge in [-0.15, -0.1) is 24.0 Å². The summed E-state index contributed by atoms with van der Waals surface area (Å²) < 4.78 is 12.2. The molecule has 2 unspecified atom stereocenters. The Kier molecular flexibility index (Phi) is 9.79. The zero-order valence-corrected chi connectivity index (χ0v) is 22.4. The third-order valence-electron chi connectivity index (χ3n) is 5.80. The van der Waals surface area contributed by atoms with E-state index in [1.165, 1.54) is 11.3 Å². The summed E-state index contributed by atoms with van der Waals surface area (Å²) in [5.41, 5.74) is 2.51. The van der Waals surface area contributed by atoms with Crippen LogP contribution in [0, 0.1) is 0 Å². The lowest BCUT2D eigenvalue weighted by atomic mass is 9.98. The first-order valence-corrected chi connectivity index (χ1v) is 12.4. The van der Waals surface area contributed by atoms with Crippen LogP contribution in [0.3, 0.4) is 0 Å². The van der Waals surface area contributed by atoms with Crippen LogP contribution in [0.4, 0.5) is 5.69 Å². The smallest absolute Gasteiger partial charge is 0.222 e. The van der Waals surface area contributed by atoms with Crippen molar-refractivity contribution in [3.63, 3.8) is 0 Å². The summed E-state index contributed by atoms with van der Waals surface area (Å²) in [4.78, 5) is 21.1. The molecular formula is C23H37IN4O2S. The Morgan fingerprint density at radius 2 is 2.03 bits per heavy atom. The van der Waals surface area contributed by atoms with Gasteiger partial charge in [0, 0.05) is 65.5 Å². The normalized spacial score (nSPS) is 19.9. The van der Waals surface area contributed by atoms with E-state index < -0.39 is 10.8 Å². The molecule has 0 aliphatic carbocycles. The molecule has 31 heavy (non-hydrogen) atoms. The molecule has 1 aromatic rings. The number of guanidine groups is 1. The van der Waals surface area contributed by atoms with Crippen LogP contribution in [-0.4, -0.2) is 64.2 Å². The first-order valence-electron chi connectivity index (χ1n) is 11.1. The quantitative estimate of drug-likeness (QED) is 0.314. The summed E-state index contributed by atoms with van der Waals surface area (Å²) in [5, 5.41) is 3.42. The minimum absolute atomic E-state index is 0. The van der Waals surface area contributed by atoms with E-state index >= 15 is 0 Å². The predicted octanol–water partition coefficient (Wildman–Crippen LogP) is 3.73. The Balaban J connectivity index is 0.00000341. The minimum Gasteiger partial charge on any atom is -0.356 e. The molecule has 0 aromatic heterocycles. The highest BCUT2D eigenvalue weighted by Crippen LogP contribution is 2.38. The summed E-state index contributed by atoms with van der Waals surface area (Å²) >= 11 is 0. The van der Waals surface area contributed by atoms with Crippen molar-refractivity contribution in [2.45, 2.75) is 57.6 Å². The molecule has 1 aromatic carbocycles. The van der Waals surface area contributed by atoms with Gasteiger partial charge in [0.1, 0.15) is 0 Å². The highest BCUT2D eigenvalue weighted by atomic mass is 127. The van der Waals surface area contributed by atoms with E-state index in [0.29, 0.717) is 30.5 Å². The molecule has 2 heterocycles. The Labute approximate surface area is 206 Å². The number of aliphatic imine (C=N–C) groups is 1.